The summed E-state index contributed by atoms with van der Waals surface area (Å²) in [6.07, 6.45) is 2.04. The average molecular weight is 299 g/mol. The lowest BCUT2D eigenvalue weighted by Crippen LogP contribution is -2.55. The SMILES string of the molecule is CCN(C(=O)NC1CCCN(C)C1)C1COCC1C(=O)O. The van der Waals surface area contributed by atoms with Gasteiger partial charge in [0.15, 0.2) is 0 Å². The van der Waals surface area contributed by atoms with E-state index in [0.29, 0.717) is 13.2 Å². The van der Waals surface area contributed by atoms with Crippen LogP contribution in [0.4, 0.5) is 4.79 Å². The number of ether oxygens (including phenoxy) is 1. The normalized spacial score (nSPS) is 30.1. The maximum absolute atomic E-state index is 12.5. The molecule has 2 aliphatic rings. The quantitative estimate of drug-likeness (QED) is 0.775. The Morgan fingerprint density at radius 3 is 2.81 bits per heavy atom. The van der Waals surface area contributed by atoms with Gasteiger partial charge in [0.25, 0.3) is 0 Å². The number of aliphatic carboxylic acids is 1. The van der Waals surface area contributed by atoms with Gasteiger partial charge in [-0.15, -0.1) is 0 Å². The highest BCUT2D eigenvalue weighted by molar-refractivity contribution is 5.77. The van der Waals surface area contributed by atoms with Crippen LogP contribution in [0.25, 0.3) is 0 Å². The zero-order chi connectivity index (χ0) is 15.4. The van der Waals surface area contributed by atoms with E-state index in [0.717, 1.165) is 25.9 Å². The second-order valence-corrected chi connectivity index (χ2v) is 5.89. The monoisotopic (exact) mass is 299 g/mol. The van der Waals surface area contributed by atoms with Gasteiger partial charge in [-0.3, -0.25) is 4.79 Å². The number of carbonyl (C=O) groups is 2. The highest BCUT2D eigenvalue weighted by Gasteiger charge is 2.39. The van der Waals surface area contributed by atoms with Crippen molar-refractivity contribution in [3.05, 3.63) is 0 Å². The molecule has 2 amide bonds. The van der Waals surface area contributed by atoms with E-state index in [-0.39, 0.29) is 24.7 Å². The summed E-state index contributed by atoms with van der Waals surface area (Å²) in [5.74, 6) is -1.54. The molecule has 0 aromatic heterocycles. The van der Waals surface area contributed by atoms with Crippen LogP contribution in [-0.2, 0) is 9.53 Å². The second-order valence-electron chi connectivity index (χ2n) is 5.89. The Hall–Kier alpha value is -1.34. The van der Waals surface area contributed by atoms with Crippen LogP contribution in [0.2, 0.25) is 0 Å². The number of likely N-dealkylation sites (tertiary alicyclic amines) is 1. The molecule has 3 unspecified atom stereocenters. The van der Waals surface area contributed by atoms with Crippen LogP contribution >= 0.6 is 0 Å². The lowest BCUT2D eigenvalue weighted by molar-refractivity contribution is -0.142. The molecule has 3 atom stereocenters. The van der Waals surface area contributed by atoms with Gasteiger partial charge in [0, 0.05) is 19.1 Å². The summed E-state index contributed by atoms with van der Waals surface area (Å²) in [7, 11) is 2.04. The van der Waals surface area contributed by atoms with Gasteiger partial charge in [-0.1, -0.05) is 0 Å². The van der Waals surface area contributed by atoms with Crippen molar-refractivity contribution < 1.29 is 19.4 Å². The van der Waals surface area contributed by atoms with E-state index < -0.39 is 11.9 Å². The fourth-order valence-corrected chi connectivity index (χ4v) is 3.16. The number of urea groups is 1. The Morgan fingerprint density at radius 1 is 1.43 bits per heavy atom. The van der Waals surface area contributed by atoms with Gasteiger partial charge in [0.05, 0.1) is 19.3 Å². The van der Waals surface area contributed by atoms with E-state index in [2.05, 4.69) is 10.2 Å². The molecule has 0 spiro atoms. The molecule has 0 aliphatic carbocycles. The van der Waals surface area contributed by atoms with Gasteiger partial charge in [-0.25, -0.2) is 4.79 Å². The molecule has 7 heteroatoms. The third-order valence-corrected chi connectivity index (χ3v) is 4.32. The Labute approximate surface area is 125 Å². The summed E-state index contributed by atoms with van der Waals surface area (Å²) in [6.45, 7) is 4.71. The minimum atomic E-state index is -0.902. The lowest BCUT2D eigenvalue weighted by atomic mass is 10.0. The molecule has 21 heavy (non-hydrogen) atoms. The molecule has 2 aliphatic heterocycles. The van der Waals surface area contributed by atoms with E-state index in [1.165, 1.54) is 0 Å². The molecule has 0 bridgehead atoms. The maximum Gasteiger partial charge on any atom is 0.318 e. The van der Waals surface area contributed by atoms with E-state index in [1.54, 1.807) is 4.90 Å². The van der Waals surface area contributed by atoms with Crippen molar-refractivity contribution in [1.82, 2.24) is 15.1 Å². The van der Waals surface area contributed by atoms with E-state index in [1.807, 2.05) is 14.0 Å². The molecule has 0 aromatic carbocycles. The van der Waals surface area contributed by atoms with Crippen LogP contribution in [0, 0.1) is 5.92 Å². The number of nitrogens with zero attached hydrogens (tertiary/aromatic N) is 2. The molecule has 2 N–H and O–H groups in total. The Balaban J connectivity index is 1.96. The van der Waals surface area contributed by atoms with Crippen LogP contribution in [0.5, 0.6) is 0 Å². The summed E-state index contributed by atoms with van der Waals surface area (Å²) >= 11 is 0. The fourth-order valence-electron chi connectivity index (χ4n) is 3.16. The fraction of sp³-hybridized carbons (Fsp3) is 0.857. The van der Waals surface area contributed by atoms with Crippen LogP contribution in [0.1, 0.15) is 19.8 Å². The first-order valence-electron chi connectivity index (χ1n) is 7.59. The van der Waals surface area contributed by atoms with E-state index in [9.17, 15) is 14.7 Å². The van der Waals surface area contributed by atoms with Crippen molar-refractivity contribution in [2.24, 2.45) is 5.92 Å². The van der Waals surface area contributed by atoms with Crippen molar-refractivity contribution in [1.29, 1.82) is 0 Å². The zero-order valence-corrected chi connectivity index (χ0v) is 12.7. The standard InChI is InChI=1S/C14H25N3O4/c1-3-17(12-9-21-8-11(12)13(18)19)14(20)15-10-5-4-6-16(2)7-10/h10-12H,3-9H2,1-2H3,(H,15,20)(H,18,19). The molecule has 2 rings (SSSR count). The summed E-state index contributed by atoms with van der Waals surface area (Å²) < 4.78 is 5.26. The van der Waals surface area contributed by atoms with Gasteiger partial charge in [0.1, 0.15) is 5.92 Å². The third kappa shape index (κ3) is 3.85. The van der Waals surface area contributed by atoms with Gasteiger partial charge in [-0.05, 0) is 33.4 Å². The number of hydrogen-bond donors (Lipinski definition) is 2. The molecule has 2 fully saturated rings. The molecule has 2 heterocycles. The van der Waals surface area contributed by atoms with Crippen molar-refractivity contribution in [2.75, 3.05) is 39.9 Å². The smallest absolute Gasteiger partial charge is 0.318 e. The number of nitrogens with one attached hydrogen (secondary N) is 1. The Bertz CT molecular complexity index is 390. The van der Waals surface area contributed by atoms with E-state index >= 15 is 0 Å². The summed E-state index contributed by atoms with van der Waals surface area (Å²) in [5, 5.41) is 12.3. The third-order valence-electron chi connectivity index (χ3n) is 4.32. The van der Waals surface area contributed by atoms with Gasteiger partial charge < -0.3 is 25.0 Å². The summed E-state index contributed by atoms with van der Waals surface area (Å²) in [4.78, 5) is 27.5. The maximum atomic E-state index is 12.5. The molecular formula is C14H25N3O4. The first kappa shape index (κ1) is 16.0. The molecule has 120 valence electrons. The first-order chi connectivity index (χ1) is 10.0. The van der Waals surface area contributed by atoms with Crippen molar-refractivity contribution >= 4 is 12.0 Å². The van der Waals surface area contributed by atoms with Crippen molar-refractivity contribution in [3.8, 4) is 0 Å². The molecule has 2 saturated heterocycles. The number of amides is 2. The largest absolute Gasteiger partial charge is 0.481 e. The van der Waals surface area contributed by atoms with Crippen LogP contribution in [0.3, 0.4) is 0 Å². The average Bonchev–Trinajstić information content (AvgIpc) is 2.89. The van der Waals surface area contributed by atoms with E-state index in [4.69, 9.17) is 4.74 Å². The minimum Gasteiger partial charge on any atom is -0.481 e. The summed E-state index contributed by atoms with van der Waals surface area (Å²) in [6, 6.07) is -0.427. The molecule has 0 aromatic rings. The number of likely N-dealkylation sites (N-methyl/N-ethyl adjacent to an activating group) is 2. The zero-order valence-electron chi connectivity index (χ0n) is 12.7. The summed E-state index contributed by atoms with van der Waals surface area (Å²) in [5.41, 5.74) is 0. The highest BCUT2D eigenvalue weighted by Crippen LogP contribution is 2.20. The predicted octanol–water partition coefficient (Wildman–Crippen LogP) is 0.212. The van der Waals surface area contributed by atoms with Gasteiger partial charge in [-0.2, -0.15) is 0 Å². The number of carboxylic acids is 1. The topological polar surface area (TPSA) is 82.1 Å². The highest BCUT2D eigenvalue weighted by atomic mass is 16.5. The lowest BCUT2D eigenvalue weighted by Gasteiger charge is -2.34. The van der Waals surface area contributed by atoms with Crippen molar-refractivity contribution in [2.45, 2.75) is 31.8 Å². The predicted molar refractivity (Wildman–Crippen MR) is 77.2 cm³/mol. The number of carbonyl (C=O) groups excluding carboxylic acids is 1. The van der Waals surface area contributed by atoms with Gasteiger partial charge in [0.2, 0.25) is 0 Å². The second kappa shape index (κ2) is 7.09. The molecule has 7 nitrogen and oxygen atoms in total. The number of carboxylic acid groups (broad SMARTS) is 1. The number of rotatable bonds is 4. The molecule has 0 radical (unpaired) electrons. The molecule has 0 saturated carbocycles. The van der Waals surface area contributed by atoms with Crippen LogP contribution in [0.15, 0.2) is 0 Å². The minimum absolute atomic E-state index is 0.135. The molecular weight excluding hydrogens is 274 g/mol. The van der Waals surface area contributed by atoms with Crippen molar-refractivity contribution in [3.63, 3.8) is 0 Å². The Morgan fingerprint density at radius 2 is 2.19 bits per heavy atom. The van der Waals surface area contributed by atoms with Gasteiger partial charge >= 0.3 is 12.0 Å². The van der Waals surface area contributed by atoms with Crippen LogP contribution in [-0.4, -0.2) is 78.9 Å². The number of hydrogen-bond acceptors (Lipinski definition) is 4. The number of piperidine rings is 1. The van der Waals surface area contributed by atoms with Crippen LogP contribution < -0.4 is 5.32 Å². The Kier molecular flexibility index (Phi) is 5.41. The first-order valence-corrected chi connectivity index (χ1v) is 7.59.